The Balaban J connectivity index is 1.25. The van der Waals surface area contributed by atoms with Crippen molar-refractivity contribution in [2.45, 2.75) is 75.2 Å². The minimum atomic E-state index is -1.39. The summed E-state index contributed by atoms with van der Waals surface area (Å²) in [5.74, 6) is -0.507. The second-order valence-corrected chi connectivity index (χ2v) is 11.3. The van der Waals surface area contributed by atoms with E-state index >= 15 is 0 Å². The van der Waals surface area contributed by atoms with Crippen LogP contribution in [0.25, 0.3) is 0 Å². The number of hydrogen-bond donors (Lipinski definition) is 1. The molecular formula is C29H40FN3O5. The zero-order chi connectivity index (χ0) is 26.6. The molecule has 1 aliphatic carbocycles. The Morgan fingerprint density at radius 1 is 1.11 bits per heavy atom. The zero-order valence-electron chi connectivity index (χ0n) is 22.3. The molecule has 1 saturated carbocycles. The van der Waals surface area contributed by atoms with Crippen molar-refractivity contribution in [1.82, 2.24) is 15.1 Å². The maximum absolute atomic E-state index is 14.6. The predicted octanol–water partition coefficient (Wildman–Crippen LogP) is 2.71. The highest BCUT2D eigenvalue weighted by Crippen LogP contribution is 2.33. The van der Waals surface area contributed by atoms with Gasteiger partial charge in [-0.05, 0) is 68.3 Å². The average Bonchev–Trinajstić information content (AvgIpc) is 3.51. The fourth-order valence-corrected chi connectivity index (χ4v) is 6.69. The van der Waals surface area contributed by atoms with Gasteiger partial charge >= 0.3 is 0 Å². The Hall–Kier alpha value is -2.36. The lowest BCUT2D eigenvalue weighted by atomic mass is 9.83. The van der Waals surface area contributed by atoms with E-state index in [1.165, 1.54) is 10.5 Å². The second-order valence-electron chi connectivity index (χ2n) is 11.3. The molecule has 208 valence electrons. The second kappa shape index (κ2) is 12.2. The van der Waals surface area contributed by atoms with Crippen LogP contribution in [0.5, 0.6) is 0 Å². The van der Waals surface area contributed by atoms with Crippen LogP contribution in [0.15, 0.2) is 24.3 Å². The highest BCUT2D eigenvalue weighted by Gasteiger charge is 2.54. The molecule has 3 saturated heterocycles. The van der Waals surface area contributed by atoms with Crippen molar-refractivity contribution in [3.63, 3.8) is 0 Å². The third kappa shape index (κ3) is 5.80. The maximum atomic E-state index is 14.6. The van der Waals surface area contributed by atoms with Crippen molar-refractivity contribution >= 4 is 17.6 Å². The van der Waals surface area contributed by atoms with Gasteiger partial charge in [0.15, 0.2) is 5.78 Å². The molecule has 9 heteroatoms. The van der Waals surface area contributed by atoms with Crippen LogP contribution in [0, 0.1) is 5.92 Å². The van der Waals surface area contributed by atoms with Gasteiger partial charge in [-0.1, -0.05) is 31.4 Å². The molecule has 4 atom stereocenters. The van der Waals surface area contributed by atoms with E-state index in [1.807, 2.05) is 24.3 Å². The summed E-state index contributed by atoms with van der Waals surface area (Å²) in [6.45, 7) is 3.43. The Morgan fingerprint density at radius 3 is 2.50 bits per heavy atom. The Bertz CT molecular complexity index is 990. The Labute approximate surface area is 224 Å². The van der Waals surface area contributed by atoms with Gasteiger partial charge in [0.05, 0.1) is 13.2 Å². The van der Waals surface area contributed by atoms with Crippen molar-refractivity contribution in [2.75, 3.05) is 46.5 Å². The van der Waals surface area contributed by atoms with Crippen LogP contribution in [0.2, 0.25) is 0 Å². The van der Waals surface area contributed by atoms with Crippen LogP contribution in [0.1, 0.15) is 66.8 Å². The smallest absolute Gasteiger partial charge is 0.251 e. The minimum absolute atomic E-state index is 0.0303. The highest BCUT2D eigenvalue weighted by atomic mass is 19.1. The quantitative estimate of drug-likeness (QED) is 0.557. The first kappa shape index (κ1) is 27.2. The standard InChI is InChI=1S/C29H40FN3O5/c1-37-16-15-32-13-11-20(12-14-32)19-7-9-22(10-8-19)28(35)31-25(21-5-3-2-4-6-21)29(36)33-17-23(30)27-26(33)24(34)18-38-27/h7-10,20-21,23,25-27H,2-6,11-18H2,1H3,(H,31,35)/t23-,25-,26+,27+/m0/s1. The number of ketones is 1. The number of nitrogens with one attached hydrogen (secondary N) is 1. The number of methoxy groups -OCH3 is 1. The number of piperidine rings is 1. The summed E-state index contributed by atoms with van der Waals surface area (Å²) >= 11 is 0. The molecule has 4 aliphatic rings. The Morgan fingerprint density at radius 2 is 1.82 bits per heavy atom. The van der Waals surface area contributed by atoms with Crippen molar-refractivity contribution in [3.05, 3.63) is 35.4 Å². The number of hydrogen-bond acceptors (Lipinski definition) is 6. The fourth-order valence-electron chi connectivity index (χ4n) is 6.69. The van der Waals surface area contributed by atoms with Crippen molar-refractivity contribution in [1.29, 1.82) is 0 Å². The van der Waals surface area contributed by atoms with E-state index in [-0.39, 0.29) is 36.7 Å². The molecule has 0 aromatic heterocycles. The number of benzene rings is 1. The van der Waals surface area contributed by atoms with Gasteiger partial charge in [0.1, 0.15) is 31.0 Å². The molecule has 38 heavy (non-hydrogen) atoms. The first-order chi connectivity index (χ1) is 18.5. The lowest BCUT2D eigenvalue weighted by Crippen LogP contribution is -2.55. The summed E-state index contributed by atoms with van der Waals surface area (Å²) in [5.41, 5.74) is 1.73. The van der Waals surface area contributed by atoms with Crippen LogP contribution in [-0.2, 0) is 19.1 Å². The van der Waals surface area contributed by atoms with Gasteiger partial charge in [0, 0.05) is 19.2 Å². The van der Waals surface area contributed by atoms with Crippen molar-refractivity contribution < 1.29 is 28.2 Å². The first-order valence-electron chi connectivity index (χ1n) is 14.2. The number of Topliss-reactive ketones (excluding diaryl/α,β-unsaturated/α-hetero) is 1. The number of carbonyl (C=O) groups excluding carboxylic acids is 3. The van der Waals surface area contributed by atoms with E-state index in [2.05, 4.69) is 10.2 Å². The number of nitrogens with zero attached hydrogens (tertiary/aromatic N) is 2. The molecule has 2 amide bonds. The number of alkyl halides is 1. The third-order valence-electron chi connectivity index (χ3n) is 8.92. The Kier molecular flexibility index (Phi) is 8.75. The van der Waals surface area contributed by atoms with Crippen molar-refractivity contribution in [3.8, 4) is 0 Å². The normalized spacial score (nSPS) is 27.9. The van der Waals surface area contributed by atoms with E-state index in [4.69, 9.17) is 9.47 Å². The monoisotopic (exact) mass is 529 g/mol. The first-order valence-corrected chi connectivity index (χ1v) is 14.2. The number of ether oxygens (including phenoxy) is 2. The number of likely N-dealkylation sites (tertiary alicyclic amines) is 2. The van der Waals surface area contributed by atoms with Gasteiger partial charge in [-0.15, -0.1) is 0 Å². The summed E-state index contributed by atoms with van der Waals surface area (Å²) in [5, 5.41) is 2.99. The van der Waals surface area contributed by atoms with Crippen LogP contribution in [0.4, 0.5) is 4.39 Å². The van der Waals surface area contributed by atoms with E-state index in [9.17, 15) is 18.8 Å². The number of carbonyl (C=O) groups is 3. The minimum Gasteiger partial charge on any atom is -0.383 e. The van der Waals surface area contributed by atoms with E-state index in [1.54, 1.807) is 7.11 Å². The highest BCUT2D eigenvalue weighted by molar-refractivity contribution is 5.99. The zero-order valence-corrected chi connectivity index (χ0v) is 22.3. The largest absolute Gasteiger partial charge is 0.383 e. The molecule has 5 rings (SSSR count). The van der Waals surface area contributed by atoms with E-state index < -0.39 is 24.4 Å². The van der Waals surface area contributed by atoms with Gasteiger partial charge < -0.3 is 24.6 Å². The lowest BCUT2D eigenvalue weighted by Gasteiger charge is -2.34. The van der Waals surface area contributed by atoms with E-state index in [0.29, 0.717) is 11.5 Å². The third-order valence-corrected chi connectivity index (χ3v) is 8.92. The summed E-state index contributed by atoms with van der Waals surface area (Å²) < 4.78 is 25.1. The molecule has 1 aromatic rings. The summed E-state index contributed by atoms with van der Waals surface area (Å²) in [6.07, 6.45) is 4.59. The van der Waals surface area contributed by atoms with Gasteiger partial charge in [-0.25, -0.2) is 4.39 Å². The molecule has 8 nitrogen and oxygen atoms in total. The van der Waals surface area contributed by atoms with E-state index in [0.717, 1.165) is 71.2 Å². The molecule has 0 spiro atoms. The van der Waals surface area contributed by atoms with Gasteiger partial charge in [-0.3, -0.25) is 14.4 Å². The SMILES string of the molecule is COCCN1CCC(c2ccc(C(=O)N[C@H](C(=O)N3C[C@H](F)[C@H]4OCC(=O)[C@H]43)C3CCCCC3)cc2)CC1. The van der Waals surface area contributed by atoms with Crippen LogP contribution < -0.4 is 5.32 Å². The van der Waals surface area contributed by atoms with Crippen LogP contribution in [-0.4, -0.2) is 98.3 Å². The number of amides is 2. The van der Waals surface area contributed by atoms with Gasteiger partial charge in [0.2, 0.25) is 5.91 Å². The fraction of sp³-hybridized carbons (Fsp3) is 0.690. The number of halogens is 1. The summed E-state index contributed by atoms with van der Waals surface area (Å²) in [6, 6.07) is 6.05. The number of fused-ring (bicyclic) bond motifs is 1. The molecule has 1 N–H and O–H groups in total. The topological polar surface area (TPSA) is 88.2 Å². The molecule has 3 aliphatic heterocycles. The molecule has 0 unspecified atom stereocenters. The molecule has 1 aromatic carbocycles. The summed E-state index contributed by atoms with van der Waals surface area (Å²) in [7, 11) is 1.73. The van der Waals surface area contributed by atoms with Crippen LogP contribution in [0.3, 0.4) is 0 Å². The average molecular weight is 530 g/mol. The molecule has 4 fully saturated rings. The molecule has 3 heterocycles. The maximum Gasteiger partial charge on any atom is 0.251 e. The van der Waals surface area contributed by atoms with Gasteiger partial charge in [0.25, 0.3) is 5.91 Å². The van der Waals surface area contributed by atoms with Crippen molar-refractivity contribution in [2.24, 2.45) is 5.92 Å². The van der Waals surface area contributed by atoms with Gasteiger partial charge in [-0.2, -0.15) is 0 Å². The molecular weight excluding hydrogens is 489 g/mol. The number of rotatable bonds is 8. The lowest BCUT2D eigenvalue weighted by molar-refractivity contribution is -0.139. The summed E-state index contributed by atoms with van der Waals surface area (Å²) in [4.78, 5) is 43.2. The molecule has 0 radical (unpaired) electrons. The van der Waals surface area contributed by atoms with Crippen LogP contribution >= 0.6 is 0 Å². The predicted molar refractivity (Wildman–Crippen MR) is 140 cm³/mol. The molecule has 0 bridgehead atoms.